The minimum Gasteiger partial charge on any atom is -0.416 e. The van der Waals surface area contributed by atoms with Gasteiger partial charge in [-0.3, -0.25) is 4.79 Å². The van der Waals surface area contributed by atoms with Crippen molar-refractivity contribution in [2.24, 2.45) is 0 Å². The molecule has 0 radical (unpaired) electrons. The number of carbonyl (C=O) groups is 1. The Bertz CT molecular complexity index is 1200. The second kappa shape index (κ2) is 8.92. The van der Waals surface area contributed by atoms with Gasteiger partial charge in [-0.05, 0) is 67.8 Å². The summed E-state index contributed by atoms with van der Waals surface area (Å²) >= 11 is 0. The molecule has 0 aliphatic carbocycles. The van der Waals surface area contributed by atoms with Crippen molar-refractivity contribution in [2.75, 3.05) is 0 Å². The molecular formula is C25H22FN3O2. The Hall–Kier alpha value is -3.80. The average Bonchev–Trinajstić information content (AvgIpc) is 3.26. The molecule has 1 aromatic heterocycles. The van der Waals surface area contributed by atoms with Crippen molar-refractivity contribution in [2.45, 2.75) is 26.3 Å². The number of benzene rings is 3. The number of nitrogens with zero attached hydrogens (tertiary/aromatic N) is 2. The van der Waals surface area contributed by atoms with Crippen LogP contribution in [0.5, 0.6) is 0 Å². The molecule has 1 atom stereocenters. The van der Waals surface area contributed by atoms with E-state index in [-0.39, 0.29) is 17.8 Å². The van der Waals surface area contributed by atoms with Crippen molar-refractivity contribution < 1.29 is 13.6 Å². The molecule has 0 fully saturated rings. The lowest BCUT2D eigenvalue weighted by molar-refractivity contribution is 0.0940. The van der Waals surface area contributed by atoms with Crippen LogP contribution in [0.25, 0.3) is 22.9 Å². The van der Waals surface area contributed by atoms with E-state index in [2.05, 4.69) is 15.5 Å². The molecule has 0 bridgehead atoms. The number of nitrogens with one attached hydrogen (secondary N) is 1. The predicted molar refractivity (Wildman–Crippen MR) is 117 cm³/mol. The smallest absolute Gasteiger partial charge is 0.251 e. The summed E-state index contributed by atoms with van der Waals surface area (Å²) in [5.74, 6) is 0.356. The number of aromatic nitrogens is 2. The Morgan fingerprint density at radius 1 is 0.968 bits per heavy atom. The van der Waals surface area contributed by atoms with E-state index in [1.165, 1.54) is 6.07 Å². The number of hydrogen-bond acceptors (Lipinski definition) is 4. The number of hydrogen-bond donors (Lipinski definition) is 1. The summed E-state index contributed by atoms with van der Waals surface area (Å²) in [6, 6.07) is 21.1. The van der Waals surface area contributed by atoms with Crippen molar-refractivity contribution in [1.29, 1.82) is 0 Å². The van der Waals surface area contributed by atoms with E-state index in [1.54, 1.807) is 42.5 Å². The van der Waals surface area contributed by atoms with Crippen LogP contribution in [0.15, 0.2) is 77.2 Å². The minimum absolute atomic E-state index is 0.211. The highest BCUT2D eigenvalue weighted by molar-refractivity contribution is 5.94. The first-order chi connectivity index (χ1) is 15.0. The third kappa shape index (κ3) is 4.69. The average molecular weight is 415 g/mol. The molecule has 0 aliphatic rings. The first-order valence-corrected chi connectivity index (χ1v) is 10.1. The summed E-state index contributed by atoms with van der Waals surface area (Å²) in [7, 11) is 0. The van der Waals surface area contributed by atoms with E-state index in [0.717, 1.165) is 16.7 Å². The highest BCUT2D eigenvalue weighted by Gasteiger charge is 2.15. The number of amides is 1. The van der Waals surface area contributed by atoms with Gasteiger partial charge in [0, 0.05) is 22.7 Å². The molecule has 0 saturated carbocycles. The van der Waals surface area contributed by atoms with Gasteiger partial charge in [-0.2, -0.15) is 0 Å². The molecule has 4 rings (SSSR count). The van der Waals surface area contributed by atoms with Gasteiger partial charge in [-0.15, -0.1) is 10.2 Å². The number of halogens is 1. The standard InChI is InChI=1S/C25H22FN3O2/c1-16-7-3-5-9-21(16)25-29-28-24(31-25)19-13-11-18(12-14-19)23(30)27-17(2)15-20-8-4-6-10-22(20)26/h3-14,17H,15H2,1-2H3,(H,27,30). The Balaban J connectivity index is 1.43. The fourth-order valence-corrected chi connectivity index (χ4v) is 3.38. The van der Waals surface area contributed by atoms with E-state index in [4.69, 9.17) is 4.42 Å². The number of aryl methyl sites for hydroxylation is 1. The molecule has 6 heteroatoms. The largest absolute Gasteiger partial charge is 0.416 e. The van der Waals surface area contributed by atoms with Crippen LogP contribution in [0.3, 0.4) is 0 Å². The molecule has 3 aromatic carbocycles. The molecule has 1 heterocycles. The molecular weight excluding hydrogens is 393 g/mol. The molecule has 0 aliphatic heterocycles. The van der Waals surface area contributed by atoms with Crippen LogP contribution in [0.4, 0.5) is 4.39 Å². The fraction of sp³-hybridized carbons (Fsp3) is 0.160. The zero-order chi connectivity index (χ0) is 21.8. The van der Waals surface area contributed by atoms with Gasteiger partial charge in [0.1, 0.15) is 5.82 Å². The van der Waals surface area contributed by atoms with Crippen LogP contribution in [0.1, 0.15) is 28.4 Å². The lowest BCUT2D eigenvalue weighted by atomic mass is 10.1. The van der Waals surface area contributed by atoms with Gasteiger partial charge in [-0.1, -0.05) is 36.4 Å². The lowest BCUT2D eigenvalue weighted by Crippen LogP contribution is -2.34. The van der Waals surface area contributed by atoms with Crippen LogP contribution < -0.4 is 5.32 Å². The zero-order valence-corrected chi connectivity index (χ0v) is 17.3. The highest BCUT2D eigenvalue weighted by Crippen LogP contribution is 2.26. The van der Waals surface area contributed by atoms with E-state index in [0.29, 0.717) is 29.3 Å². The molecule has 0 saturated heterocycles. The highest BCUT2D eigenvalue weighted by atomic mass is 19.1. The maximum absolute atomic E-state index is 13.8. The van der Waals surface area contributed by atoms with Crippen molar-refractivity contribution in [3.8, 4) is 22.9 Å². The lowest BCUT2D eigenvalue weighted by Gasteiger charge is -2.14. The van der Waals surface area contributed by atoms with Crippen LogP contribution in [0, 0.1) is 12.7 Å². The Morgan fingerprint density at radius 2 is 1.65 bits per heavy atom. The Labute approximate surface area is 180 Å². The first-order valence-electron chi connectivity index (χ1n) is 10.1. The van der Waals surface area contributed by atoms with E-state index in [1.807, 2.05) is 38.1 Å². The third-order valence-electron chi connectivity index (χ3n) is 5.06. The second-order valence-corrected chi connectivity index (χ2v) is 7.47. The van der Waals surface area contributed by atoms with Gasteiger partial charge in [-0.25, -0.2) is 4.39 Å². The molecule has 156 valence electrons. The molecule has 5 nitrogen and oxygen atoms in total. The van der Waals surface area contributed by atoms with Crippen LogP contribution in [-0.2, 0) is 6.42 Å². The molecule has 1 N–H and O–H groups in total. The van der Waals surface area contributed by atoms with Gasteiger partial charge >= 0.3 is 0 Å². The maximum atomic E-state index is 13.8. The van der Waals surface area contributed by atoms with Crippen molar-refractivity contribution in [1.82, 2.24) is 15.5 Å². The van der Waals surface area contributed by atoms with Crippen LogP contribution >= 0.6 is 0 Å². The van der Waals surface area contributed by atoms with Crippen molar-refractivity contribution >= 4 is 5.91 Å². The van der Waals surface area contributed by atoms with Crippen LogP contribution in [-0.4, -0.2) is 22.1 Å². The summed E-state index contributed by atoms with van der Waals surface area (Å²) < 4.78 is 19.6. The summed E-state index contributed by atoms with van der Waals surface area (Å²) in [5, 5.41) is 11.2. The van der Waals surface area contributed by atoms with E-state index >= 15 is 0 Å². The SMILES string of the molecule is Cc1ccccc1-c1nnc(-c2ccc(C(=O)NC(C)Cc3ccccc3F)cc2)o1. The molecule has 1 unspecified atom stereocenters. The van der Waals surface area contributed by atoms with Gasteiger partial charge in [0.2, 0.25) is 11.8 Å². The molecule has 31 heavy (non-hydrogen) atoms. The summed E-state index contributed by atoms with van der Waals surface area (Å²) in [5.41, 5.74) is 3.74. The van der Waals surface area contributed by atoms with Gasteiger partial charge in [0.15, 0.2) is 0 Å². The fourth-order valence-electron chi connectivity index (χ4n) is 3.38. The van der Waals surface area contributed by atoms with Crippen LogP contribution in [0.2, 0.25) is 0 Å². The topological polar surface area (TPSA) is 68.0 Å². The summed E-state index contributed by atoms with van der Waals surface area (Å²) in [4.78, 5) is 12.5. The molecule has 4 aromatic rings. The van der Waals surface area contributed by atoms with Gasteiger partial charge < -0.3 is 9.73 Å². The number of rotatable bonds is 6. The first kappa shape index (κ1) is 20.5. The van der Waals surface area contributed by atoms with E-state index in [9.17, 15) is 9.18 Å². The van der Waals surface area contributed by atoms with Crippen molar-refractivity contribution in [3.05, 3.63) is 95.3 Å². The predicted octanol–water partition coefficient (Wildman–Crippen LogP) is 5.21. The quantitative estimate of drug-likeness (QED) is 0.469. The summed E-state index contributed by atoms with van der Waals surface area (Å²) in [6.07, 6.45) is 0.417. The molecule has 0 spiro atoms. The number of carbonyl (C=O) groups excluding carboxylic acids is 1. The zero-order valence-electron chi connectivity index (χ0n) is 17.3. The summed E-state index contributed by atoms with van der Waals surface area (Å²) in [6.45, 7) is 3.84. The monoisotopic (exact) mass is 415 g/mol. The van der Waals surface area contributed by atoms with Gasteiger partial charge in [0.05, 0.1) is 0 Å². The minimum atomic E-state index is -0.266. The third-order valence-corrected chi connectivity index (χ3v) is 5.06. The maximum Gasteiger partial charge on any atom is 0.251 e. The second-order valence-electron chi connectivity index (χ2n) is 7.47. The van der Waals surface area contributed by atoms with Crippen molar-refractivity contribution in [3.63, 3.8) is 0 Å². The Kier molecular flexibility index (Phi) is 5.89. The molecule has 1 amide bonds. The van der Waals surface area contributed by atoms with E-state index < -0.39 is 0 Å². The Morgan fingerprint density at radius 3 is 2.39 bits per heavy atom. The van der Waals surface area contributed by atoms with Gasteiger partial charge in [0.25, 0.3) is 5.91 Å². The normalized spacial score (nSPS) is 11.8.